The summed E-state index contributed by atoms with van der Waals surface area (Å²) in [5.74, 6) is 12.9. The number of nitrogens with two attached hydrogens (primary N) is 2. The molecule has 2 rings (SSSR count). The highest BCUT2D eigenvalue weighted by Gasteiger charge is 2.16. The zero-order valence-corrected chi connectivity index (χ0v) is 14.2. The largest absolute Gasteiger partial charge is 0.457 e. The third-order valence-electron chi connectivity index (χ3n) is 3.65. The smallest absolute Gasteiger partial charge is 0.127 e. The van der Waals surface area contributed by atoms with Gasteiger partial charge in [-0.2, -0.15) is 5.10 Å². The number of hydrogen-bond acceptors (Lipinski definition) is 5. The van der Waals surface area contributed by atoms with Gasteiger partial charge in [-0.3, -0.25) is 5.01 Å². The monoisotopic (exact) mass is 327 g/mol. The van der Waals surface area contributed by atoms with E-state index >= 15 is 0 Å². The van der Waals surface area contributed by atoms with Crippen LogP contribution in [0.4, 0.5) is 0 Å². The van der Waals surface area contributed by atoms with Gasteiger partial charge in [0.2, 0.25) is 0 Å². The Morgan fingerprint density at radius 3 is 2.25 bits per heavy atom. The van der Waals surface area contributed by atoms with Crippen LogP contribution < -0.4 is 16.4 Å². The zero-order valence-electron chi connectivity index (χ0n) is 14.2. The molecule has 0 aliphatic heterocycles. The van der Waals surface area contributed by atoms with Crippen molar-refractivity contribution < 1.29 is 4.74 Å². The Kier molecular flexibility index (Phi) is 6.60. The molecule has 0 heterocycles. The van der Waals surface area contributed by atoms with Crippen molar-refractivity contribution >= 4 is 6.34 Å². The van der Waals surface area contributed by atoms with Crippen LogP contribution in [0.2, 0.25) is 0 Å². The molecule has 1 atom stereocenters. The minimum absolute atomic E-state index is 0.00882. The van der Waals surface area contributed by atoms with Crippen LogP contribution in [0.3, 0.4) is 0 Å². The number of rotatable bonds is 8. The summed E-state index contributed by atoms with van der Waals surface area (Å²) in [4.78, 5) is 2.12. The summed E-state index contributed by atoms with van der Waals surface area (Å²) in [5, 5.41) is 5.06. The molecule has 0 saturated carbocycles. The molecule has 0 aromatic heterocycles. The number of ether oxygens (including phenoxy) is 1. The molecule has 2 aromatic rings. The van der Waals surface area contributed by atoms with Crippen LogP contribution in [0.25, 0.3) is 0 Å². The Labute approximate surface area is 143 Å². The fraction of sp³-hybridized carbons (Fsp3) is 0.278. The minimum atomic E-state index is -0.00882. The van der Waals surface area contributed by atoms with Crippen molar-refractivity contribution in [2.45, 2.75) is 12.5 Å². The first-order valence-electron chi connectivity index (χ1n) is 7.84. The Hall–Kier alpha value is -2.57. The molecule has 2 aromatic carbocycles. The maximum Gasteiger partial charge on any atom is 0.127 e. The van der Waals surface area contributed by atoms with E-state index < -0.39 is 0 Å². The SMILES string of the molecule is CN(C)CCC(c1ccc(Oc2ccccc2)cc1)N(N)/C=N\N. The van der Waals surface area contributed by atoms with E-state index in [1.54, 1.807) is 0 Å². The van der Waals surface area contributed by atoms with E-state index in [4.69, 9.17) is 16.4 Å². The Morgan fingerprint density at radius 1 is 1.04 bits per heavy atom. The lowest BCUT2D eigenvalue weighted by molar-refractivity contribution is 0.279. The van der Waals surface area contributed by atoms with Crippen molar-refractivity contribution in [1.82, 2.24) is 9.91 Å². The van der Waals surface area contributed by atoms with Crippen molar-refractivity contribution in [2.75, 3.05) is 20.6 Å². The third-order valence-corrected chi connectivity index (χ3v) is 3.65. The standard InChI is InChI=1S/C18H25N5O/c1-22(2)13-12-18(23(20)14-21-19)15-8-10-17(11-9-15)24-16-6-4-3-5-7-16/h3-11,14,18H,12-13,19-20H2,1-2H3/b21-14-. The van der Waals surface area contributed by atoms with Gasteiger partial charge in [0, 0.05) is 0 Å². The molecule has 0 bridgehead atoms. The molecule has 24 heavy (non-hydrogen) atoms. The summed E-state index contributed by atoms with van der Waals surface area (Å²) >= 11 is 0. The summed E-state index contributed by atoms with van der Waals surface area (Å²) in [7, 11) is 4.07. The van der Waals surface area contributed by atoms with E-state index in [9.17, 15) is 0 Å². The van der Waals surface area contributed by atoms with E-state index in [0.717, 1.165) is 30.0 Å². The number of nitrogens with zero attached hydrogens (tertiary/aromatic N) is 3. The van der Waals surface area contributed by atoms with Crippen LogP contribution >= 0.6 is 0 Å². The second kappa shape index (κ2) is 8.90. The lowest BCUT2D eigenvalue weighted by Crippen LogP contribution is -2.36. The molecule has 6 nitrogen and oxygen atoms in total. The second-order valence-electron chi connectivity index (χ2n) is 5.80. The third kappa shape index (κ3) is 5.26. The zero-order chi connectivity index (χ0) is 17.4. The van der Waals surface area contributed by atoms with Crippen LogP contribution in [0.1, 0.15) is 18.0 Å². The van der Waals surface area contributed by atoms with Crippen molar-refractivity contribution in [3.05, 3.63) is 60.2 Å². The van der Waals surface area contributed by atoms with Crippen molar-refractivity contribution in [3.63, 3.8) is 0 Å². The highest BCUT2D eigenvalue weighted by molar-refractivity contribution is 5.54. The number of hydrazine groups is 1. The van der Waals surface area contributed by atoms with Gasteiger partial charge in [0.05, 0.1) is 6.04 Å². The Morgan fingerprint density at radius 2 is 1.67 bits per heavy atom. The fourth-order valence-corrected chi connectivity index (χ4v) is 2.41. The molecular formula is C18H25N5O. The van der Waals surface area contributed by atoms with Gasteiger partial charge in [-0.15, -0.1) is 0 Å². The van der Waals surface area contributed by atoms with Gasteiger partial charge in [-0.25, -0.2) is 5.84 Å². The molecule has 0 fully saturated rings. The van der Waals surface area contributed by atoms with E-state index in [1.165, 1.54) is 11.3 Å². The molecule has 128 valence electrons. The van der Waals surface area contributed by atoms with Gasteiger partial charge in [0.1, 0.15) is 17.8 Å². The predicted octanol–water partition coefficient (Wildman–Crippen LogP) is 2.55. The summed E-state index contributed by atoms with van der Waals surface area (Å²) < 4.78 is 5.82. The topological polar surface area (TPSA) is 80.1 Å². The quantitative estimate of drug-likeness (QED) is 0.337. The summed E-state index contributed by atoms with van der Waals surface area (Å²) in [6.07, 6.45) is 2.29. The normalized spacial score (nSPS) is 12.5. The molecule has 0 aliphatic rings. The van der Waals surface area contributed by atoms with Gasteiger partial charge in [0.15, 0.2) is 0 Å². The van der Waals surface area contributed by atoms with Crippen molar-refractivity contribution in [2.24, 2.45) is 16.8 Å². The number of hydrazone groups is 1. The lowest BCUT2D eigenvalue weighted by Gasteiger charge is -2.27. The van der Waals surface area contributed by atoms with Crippen molar-refractivity contribution in [1.29, 1.82) is 0 Å². The molecule has 0 spiro atoms. The molecule has 1 unspecified atom stereocenters. The summed E-state index contributed by atoms with van der Waals surface area (Å²) in [6.45, 7) is 0.902. The molecule has 0 radical (unpaired) electrons. The number of para-hydroxylation sites is 1. The molecule has 6 heteroatoms. The minimum Gasteiger partial charge on any atom is -0.457 e. The summed E-state index contributed by atoms with van der Waals surface area (Å²) in [6, 6.07) is 17.6. The average Bonchev–Trinajstić information content (AvgIpc) is 2.57. The van der Waals surface area contributed by atoms with Gasteiger partial charge in [-0.05, 0) is 56.9 Å². The highest BCUT2D eigenvalue weighted by atomic mass is 16.5. The average molecular weight is 327 g/mol. The van der Waals surface area contributed by atoms with Crippen LogP contribution in [-0.4, -0.2) is 36.9 Å². The van der Waals surface area contributed by atoms with Crippen LogP contribution in [-0.2, 0) is 0 Å². The van der Waals surface area contributed by atoms with Crippen LogP contribution in [0.5, 0.6) is 11.5 Å². The van der Waals surface area contributed by atoms with Crippen molar-refractivity contribution in [3.8, 4) is 11.5 Å². The molecule has 0 aliphatic carbocycles. The number of benzene rings is 2. The van der Waals surface area contributed by atoms with Gasteiger partial charge >= 0.3 is 0 Å². The first-order valence-corrected chi connectivity index (χ1v) is 7.84. The highest BCUT2D eigenvalue weighted by Crippen LogP contribution is 2.26. The van der Waals surface area contributed by atoms with E-state index in [2.05, 4.69) is 10.0 Å². The molecule has 0 amide bonds. The molecular weight excluding hydrogens is 302 g/mol. The van der Waals surface area contributed by atoms with Gasteiger partial charge < -0.3 is 15.5 Å². The van der Waals surface area contributed by atoms with Gasteiger partial charge in [-0.1, -0.05) is 30.3 Å². The predicted molar refractivity (Wildman–Crippen MR) is 97.6 cm³/mol. The Bertz CT molecular complexity index is 628. The lowest BCUT2D eigenvalue weighted by atomic mass is 10.0. The second-order valence-corrected chi connectivity index (χ2v) is 5.80. The van der Waals surface area contributed by atoms with Crippen LogP contribution in [0.15, 0.2) is 59.7 Å². The summed E-state index contributed by atoms with van der Waals surface area (Å²) in [5.41, 5.74) is 1.08. The Balaban J connectivity index is 2.11. The van der Waals surface area contributed by atoms with Crippen LogP contribution in [0, 0.1) is 0 Å². The van der Waals surface area contributed by atoms with E-state index in [1.807, 2.05) is 68.7 Å². The van der Waals surface area contributed by atoms with E-state index in [0.29, 0.717) is 0 Å². The molecule has 0 saturated heterocycles. The van der Waals surface area contributed by atoms with Gasteiger partial charge in [0.25, 0.3) is 0 Å². The first kappa shape index (κ1) is 17.8. The van der Waals surface area contributed by atoms with E-state index in [-0.39, 0.29) is 6.04 Å². The fourth-order valence-electron chi connectivity index (χ4n) is 2.41. The first-order chi connectivity index (χ1) is 11.6. The maximum absolute atomic E-state index is 6.06. The number of hydrogen-bond donors (Lipinski definition) is 2. The maximum atomic E-state index is 6.06. The molecule has 4 N–H and O–H groups in total.